The fraction of sp³-hybridized carbons (Fsp3) is 0.286. The minimum absolute atomic E-state index is 0.601. The van der Waals surface area contributed by atoms with Gasteiger partial charge in [0.2, 0.25) is 0 Å². The lowest BCUT2D eigenvalue weighted by Gasteiger charge is -2.07. The summed E-state index contributed by atoms with van der Waals surface area (Å²) in [6.07, 6.45) is 0. The van der Waals surface area contributed by atoms with Crippen molar-refractivity contribution in [3.8, 4) is 5.75 Å². The van der Waals surface area contributed by atoms with E-state index in [0.29, 0.717) is 18.2 Å². The highest BCUT2D eigenvalue weighted by Crippen LogP contribution is 2.22. The van der Waals surface area contributed by atoms with Crippen LogP contribution in [0.15, 0.2) is 24.3 Å². The summed E-state index contributed by atoms with van der Waals surface area (Å²) in [6, 6.07) is 7.44. The Morgan fingerprint density at radius 2 is 1.38 bits per heavy atom. The van der Waals surface area contributed by atoms with Gasteiger partial charge in [0.05, 0.1) is 5.02 Å². The number of rotatable bonds is 6. The number of carboxylic acids is 4. The van der Waals surface area contributed by atoms with E-state index in [1.165, 1.54) is 0 Å². The molecule has 0 amide bonds. The fourth-order valence-electron chi connectivity index (χ4n) is 1.02. The lowest BCUT2D eigenvalue weighted by atomic mass is 10.3. The highest BCUT2D eigenvalue weighted by atomic mass is 35.5. The lowest BCUT2D eigenvalue weighted by Crippen LogP contribution is -2.26. The summed E-state index contributed by atoms with van der Waals surface area (Å²) in [6.45, 7) is 2.84. The van der Waals surface area contributed by atoms with Crippen LogP contribution in [-0.2, 0) is 19.2 Å². The summed E-state index contributed by atoms with van der Waals surface area (Å²) >= 11 is 5.90. The van der Waals surface area contributed by atoms with Crippen LogP contribution in [0.4, 0.5) is 0 Å². The number of nitrogens with two attached hydrogens (primary N) is 1. The predicted molar refractivity (Wildman–Crippen MR) is 89.4 cm³/mol. The molecule has 0 bridgehead atoms. The first-order valence-electron chi connectivity index (χ1n) is 6.84. The Bertz CT molecular complexity index is 548. The zero-order valence-electron chi connectivity index (χ0n) is 13.4. The molecule has 146 valence electrons. The van der Waals surface area contributed by atoms with Gasteiger partial charge in [-0.25, -0.2) is 19.2 Å². The van der Waals surface area contributed by atoms with Crippen molar-refractivity contribution in [3.63, 3.8) is 0 Å². The smallest absolute Gasteiger partial charge is 0.414 e. The molecule has 0 saturated carbocycles. The third-order valence-electron chi connectivity index (χ3n) is 2.06. The second-order valence-electron chi connectivity index (χ2n) is 4.04. The Morgan fingerprint density at radius 3 is 1.77 bits per heavy atom. The van der Waals surface area contributed by atoms with Gasteiger partial charge in [0.25, 0.3) is 0 Å². The van der Waals surface area contributed by atoms with Crippen LogP contribution in [0.5, 0.6) is 5.75 Å². The van der Waals surface area contributed by atoms with Gasteiger partial charge in [0, 0.05) is 19.6 Å². The largest absolute Gasteiger partial charge is 0.491 e. The Labute approximate surface area is 152 Å². The molecule has 26 heavy (non-hydrogen) atoms. The maximum Gasteiger partial charge on any atom is 0.414 e. The quantitative estimate of drug-likeness (QED) is 0.270. The zero-order valence-corrected chi connectivity index (χ0v) is 14.2. The highest BCUT2D eigenvalue weighted by Gasteiger charge is 2.04. The van der Waals surface area contributed by atoms with Crippen LogP contribution in [0.3, 0.4) is 0 Å². The molecular weight excluding hydrogens is 376 g/mol. The SMILES string of the molecule is NCCNCCOc1ccccc1Cl.O=C(O)C(=O)O.O=C(O)C(=O)O. The van der Waals surface area contributed by atoms with Crippen molar-refractivity contribution < 1.29 is 44.3 Å². The molecule has 0 aliphatic carbocycles. The van der Waals surface area contributed by atoms with E-state index >= 15 is 0 Å². The zero-order chi connectivity index (χ0) is 20.5. The average molecular weight is 395 g/mol. The standard InChI is InChI=1S/C10H15ClN2O.2C2H2O4/c11-9-3-1-2-4-10(9)14-8-7-13-6-5-12;2*3-1(4)2(5)6/h1-4,13H,5-8,12H2;2*(H,3,4)(H,5,6). The van der Waals surface area contributed by atoms with Gasteiger partial charge >= 0.3 is 23.9 Å². The number of benzene rings is 1. The molecule has 12 heteroatoms. The molecule has 1 rings (SSSR count). The normalized spacial score (nSPS) is 8.85. The second kappa shape index (κ2) is 15.6. The van der Waals surface area contributed by atoms with Gasteiger partial charge in [0.15, 0.2) is 0 Å². The molecule has 11 nitrogen and oxygen atoms in total. The van der Waals surface area contributed by atoms with Gasteiger partial charge < -0.3 is 36.2 Å². The molecule has 0 aliphatic rings. The predicted octanol–water partition coefficient (Wildman–Crippen LogP) is -0.422. The Kier molecular flexibility index (Phi) is 15.2. The van der Waals surface area contributed by atoms with Crippen LogP contribution in [-0.4, -0.2) is 70.5 Å². The maximum atomic E-state index is 9.10. The first kappa shape index (κ1) is 25.4. The molecule has 1 aromatic carbocycles. The van der Waals surface area contributed by atoms with Crippen LogP contribution in [0, 0.1) is 0 Å². The summed E-state index contributed by atoms with van der Waals surface area (Å²) in [5, 5.41) is 33.3. The van der Waals surface area contributed by atoms with E-state index in [2.05, 4.69) is 5.32 Å². The van der Waals surface area contributed by atoms with Crippen LogP contribution in [0.25, 0.3) is 0 Å². The third kappa shape index (κ3) is 16.0. The van der Waals surface area contributed by atoms with Crippen molar-refractivity contribution in [1.29, 1.82) is 0 Å². The van der Waals surface area contributed by atoms with Gasteiger partial charge in [-0.2, -0.15) is 0 Å². The highest BCUT2D eigenvalue weighted by molar-refractivity contribution is 6.32. The lowest BCUT2D eigenvalue weighted by molar-refractivity contribution is -0.159. The molecular formula is C14H19ClN2O9. The molecule has 0 radical (unpaired) electrons. The first-order valence-corrected chi connectivity index (χ1v) is 7.21. The van der Waals surface area contributed by atoms with Crippen molar-refractivity contribution in [2.45, 2.75) is 0 Å². The van der Waals surface area contributed by atoms with Gasteiger partial charge in [0.1, 0.15) is 12.4 Å². The number of aliphatic carboxylic acids is 4. The molecule has 0 aromatic heterocycles. The third-order valence-corrected chi connectivity index (χ3v) is 2.37. The minimum atomic E-state index is -1.82. The topological polar surface area (TPSA) is 196 Å². The summed E-state index contributed by atoms with van der Waals surface area (Å²) in [5.41, 5.74) is 5.32. The Hall–Kier alpha value is -2.89. The van der Waals surface area contributed by atoms with Gasteiger partial charge in [-0.15, -0.1) is 0 Å². The number of hydrogen-bond acceptors (Lipinski definition) is 7. The van der Waals surface area contributed by atoms with Crippen LogP contribution < -0.4 is 15.8 Å². The number of nitrogens with one attached hydrogen (secondary N) is 1. The van der Waals surface area contributed by atoms with E-state index in [1.54, 1.807) is 0 Å². The first-order chi connectivity index (χ1) is 12.1. The van der Waals surface area contributed by atoms with E-state index in [9.17, 15) is 0 Å². The summed E-state index contributed by atoms with van der Waals surface area (Å²) in [7, 11) is 0. The van der Waals surface area contributed by atoms with E-state index in [-0.39, 0.29) is 0 Å². The molecule has 0 fully saturated rings. The molecule has 0 atom stereocenters. The number of carboxylic acid groups (broad SMARTS) is 4. The molecule has 0 heterocycles. The Morgan fingerprint density at radius 1 is 0.923 bits per heavy atom. The van der Waals surface area contributed by atoms with Crippen LogP contribution >= 0.6 is 11.6 Å². The van der Waals surface area contributed by atoms with Gasteiger partial charge in [-0.1, -0.05) is 23.7 Å². The number of ether oxygens (including phenoxy) is 1. The summed E-state index contributed by atoms with van der Waals surface area (Å²) in [4.78, 5) is 36.4. The molecule has 0 saturated heterocycles. The van der Waals surface area contributed by atoms with E-state index in [1.807, 2.05) is 24.3 Å². The van der Waals surface area contributed by atoms with Crippen molar-refractivity contribution >= 4 is 35.5 Å². The fourth-order valence-corrected chi connectivity index (χ4v) is 1.21. The summed E-state index contributed by atoms with van der Waals surface area (Å²) in [5.74, 6) is -6.57. The van der Waals surface area contributed by atoms with Crippen molar-refractivity contribution in [3.05, 3.63) is 29.3 Å². The number of para-hydroxylation sites is 1. The number of hydrogen-bond donors (Lipinski definition) is 6. The minimum Gasteiger partial charge on any atom is -0.491 e. The van der Waals surface area contributed by atoms with E-state index in [4.69, 9.17) is 61.7 Å². The van der Waals surface area contributed by atoms with Gasteiger partial charge in [-0.05, 0) is 12.1 Å². The monoisotopic (exact) mass is 394 g/mol. The maximum absolute atomic E-state index is 9.10. The van der Waals surface area contributed by atoms with Gasteiger partial charge in [-0.3, -0.25) is 0 Å². The van der Waals surface area contributed by atoms with E-state index in [0.717, 1.165) is 18.8 Å². The number of halogens is 1. The van der Waals surface area contributed by atoms with E-state index < -0.39 is 23.9 Å². The Balaban J connectivity index is 0. The van der Waals surface area contributed by atoms with Crippen LogP contribution in [0.2, 0.25) is 5.02 Å². The van der Waals surface area contributed by atoms with Crippen molar-refractivity contribution in [2.24, 2.45) is 5.73 Å². The number of carbonyl (C=O) groups is 4. The average Bonchev–Trinajstić information content (AvgIpc) is 2.57. The summed E-state index contributed by atoms with van der Waals surface area (Å²) < 4.78 is 5.45. The molecule has 1 aromatic rings. The molecule has 0 spiro atoms. The molecule has 7 N–H and O–H groups in total. The van der Waals surface area contributed by atoms with Crippen LogP contribution in [0.1, 0.15) is 0 Å². The molecule has 0 unspecified atom stereocenters. The van der Waals surface area contributed by atoms with Crippen molar-refractivity contribution in [2.75, 3.05) is 26.2 Å². The second-order valence-corrected chi connectivity index (χ2v) is 4.45. The van der Waals surface area contributed by atoms with Crippen molar-refractivity contribution in [1.82, 2.24) is 5.32 Å². The molecule has 0 aliphatic heterocycles.